The molecule has 1 aromatic carbocycles. The second kappa shape index (κ2) is 20.2. The molecule has 0 saturated heterocycles. The quantitative estimate of drug-likeness (QED) is 0.547. The van der Waals surface area contributed by atoms with E-state index in [9.17, 15) is 4.79 Å². The monoisotopic (exact) mass is 328 g/mol. The molecule has 2 heteroatoms. The smallest absolute Gasteiger partial charge is 0.135 e. The van der Waals surface area contributed by atoms with Crippen molar-refractivity contribution in [3.05, 3.63) is 34.9 Å². The van der Waals surface area contributed by atoms with Gasteiger partial charge in [-0.05, 0) is 25.5 Å². The molecule has 1 unspecified atom stereocenters. The third-order valence-corrected chi connectivity index (χ3v) is 3.15. The van der Waals surface area contributed by atoms with Crippen molar-refractivity contribution in [2.75, 3.05) is 0 Å². The Kier molecular flexibility index (Phi) is 23.9. The predicted molar refractivity (Wildman–Crippen MR) is 103 cm³/mol. The summed E-state index contributed by atoms with van der Waals surface area (Å²) >= 11 is 5.61. The molecule has 0 aliphatic heterocycles. The highest BCUT2D eigenvalue weighted by atomic mass is 35.5. The van der Waals surface area contributed by atoms with E-state index in [0.29, 0.717) is 18.1 Å². The van der Waals surface area contributed by atoms with Gasteiger partial charge in [-0.2, -0.15) is 0 Å². The van der Waals surface area contributed by atoms with Gasteiger partial charge in [-0.25, -0.2) is 0 Å². The molecule has 0 N–H and O–H groups in total. The molecule has 22 heavy (non-hydrogen) atoms. The zero-order chi connectivity index (χ0) is 18.0. The first-order valence-corrected chi connectivity index (χ1v) is 9.13. The summed E-state index contributed by atoms with van der Waals surface area (Å²) in [5.74, 6) is 0.707. The minimum Gasteiger partial charge on any atom is -0.299 e. The molecule has 0 spiro atoms. The molecule has 0 aliphatic carbocycles. The highest BCUT2D eigenvalue weighted by Crippen LogP contribution is 2.09. The molecule has 0 saturated carbocycles. The number of benzene rings is 1. The number of hydrogen-bond donors (Lipinski definition) is 0. The Morgan fingerprint density at radius 3 is 1.82 bits per heavy atom. The molecule has 0 amide bonds. The van der Waals surface area contributed by atoms with Crippen LogP contribution in [0.1, 0.15) is 79.7 Å². The fraction of sp³-hybridized carbons (Fsp3) is 0.650. The molecule has 0 radical (unpaired) electrons. The topological polar surface area (TPSA) is 17.1 Å². The van der Waals surface area contributed by atoms with Gasteiger partial charge in [0.25, 0.3) is 0 Å². The fourth-order valence-electron chi connectivity index (χ4n) is 1.55. The van der Waals surface area contributed by atoms with Crippen LogP contribution in [-0.2, 0) is 4.79 Å². The van der Waals surface area contributed by atoms with E-state index in [4.69, 9.17) is 11.6 Å². The summed E-state index contributed by atoms with van der Waals surface area (Å²) in [7, 11) is 0. The number of hydrogen-bond acceptors (Lipinski definition) is 1. The lowest BCUT2D eigenvalue weighted by molar-refractivity contribution is -0.122. The third kappa shape index (κ3) is 17.2. The zero-order valence-corrected chi connectivity index (χ0v) is 16.8. The Labute approximate surface area is 144 Å². The number of rotatable bonds is 5. The number of halogens is 1. The molecular formula is C20H37ClO. The van der Waals surface area contributed by atoms with E-state index in [0.717, 1.165) is 11.4 Å². The number of ketones is 1. The SMILES string of the molecule is CC.CC.CCCCC(C)C(=O)CC.Cc1ccc(Cl)cc1. The fourth-order valence-corrected chi connectivity index (χ4v) is 1.68. The van der Waals surface area contributed by atoms with Gasteiger partial charge in [-0.15, -0.1) is 0 Å². The molecule has 0 fully saturated rings. The summed E-state index contributed by atoms with van der Waals surface area (Å²) < 4.78 is 0. The van der Waals surface area contributed by atoms with E-state index in [2.05, 4.69) is 6.92 Å². The lowest BCUT2D eigenvalue weighted by Gasteiger charge is -2.06. The van der Waals surface area contributed by atoms with Crippen LogP contribution < -0.4 is 0 Å². The van der Waals surface area contributed by atoms with Crippen LogP contribution in [0.3, 0.4) is 0 Å². The van der Waals surface area contributed by atoms with Crippen LogP contribution in [0.15, 0.2) is 24.3 Å². The number of Topliss-reactive ketones (excluding diaryl/α,β-unsaturated/α-hetero) is 1. The van der Waals surface area contributed by atoms with Crippen LogP contribution in [0.25, 0.3) is 0 Å². The number of carbonyl (C=O) groups excluding carboxylic acids is 1. The number of aryl methyl sites for hydroxylation is 1. The maximum Gasteiger partial charge on any atom is 0.135 e. The summed E-state index contributed by atoms with van der Waals surface area (Å²) in [6, 6.07) is 7.75. The summed E-state index contributed by atoms with van der Waals surface area (Å²) in [5, 5.41) is 0.801. The van der Waals surface area contributed by atoms with Crippen LogP contribution in [0, 0.1) is 12.8 Å². The maximum atomic E-state index is 11.0. The van der Waals surface area contributed by atoms with Crippen molar-refractivity contribution < 1.29 is 4.79 Å². The van der Waals surface area contributed by atoms with Crippen molar-refractivity contribution in [1.82, 2.24) is 0 Å². The van der Waals surface area contributed by atoms with Crippen LogP contribution >= 0.6 is 11.6 Å². The molecule has 1 aromatic rings. The minimum atomic E-state index is 0.296. The summed E-state index contributed by atoms with van der Waals surface area (Å²) in [4.78, 5) is 11.0. The van der Waals surface area contributed by atoms with Gasteiger partial charge in [0.2, 0.25) is 0 Å². The van der Waals surface area contributed by atoms with Crippen molar-refractivity contribution in [3.8, 4) is 0 Å². The Morgan fingerprint density at radius 2 is 1.50 bits per heavy atom. The highest BCUT2D eigenvalue weighted by molar-refractivity contribution is 6.30. The minimum absolute atomic E-state index is 0.296. The predicted octanol–water partition coefficient (Wildman–Crippen LogP) is 7.49. The first-order valence-electron chi connectivity index (χ1n) is 8.76. The van der Waals surface area contributed by atoms with E-state index >= 15 is 0 Å². The molecule has 1 atom stereocenters. The average Bonchev–Trinajstić information content (AvgIpc) is 2.58. The van der Waals surface area contributed by atoms with Gasteiger partial charge in [-0.1, -0.05) is 90.6 Å². The van der Waals surface area contributed by atoms with Crippen LogP contribution in [0.2, 0.25) is 5.02 Å². The van der Waals surface area contributed by atoms with Crippen molar-refractivity contribution in [2.45, 2.75) is 81.1 Å². The van der Waals surface area contributed by atoms with E-state index in [1.807, 2.05) is 72.7 Å². The lowest BCUT2D eigenvalue weighted by atomic mass is 9.98. The Morgan fingerprint density at radius 1 is 1.05 bits per heavy atom. The summed E-state index contributed by atoms with van der Waals surface area (Å²) in [5.41, 5.74) is 1.24. The van der Waals surface area contributed by atoms with Crippen LogP contribution in [0.5, 0.6) is 0 Å². The van der Waals surface area contributed by atoms with Crippen LogP contribution in [0.4, 0.5) is 0 Å². The summed E-state index contributed by atoms with van der Waals surface area (Å²) in [6.07, 6.45) is 4.16. The number of unbranched alkanes of at least 4 members (excludes halogenated alkanes) is 1. The number of carbonyl (C=O) groups is 1. The Balaban J connectivity index is -0.000000270. The molecule has 0 aromatic heterocycles. The molecule has 1 nitrogen and oxygen atoms in total. The van der Waals surface area contributed by atoms with Gasteiger partial charge >= 0.3 is 0 Å². The molecule has 0 bridgehead atoms. The lowest BCUT2D eigenvalue weighted by Crippen LogP contribution is -2.08. The third-order valence-electron chi connectivity index (χ3n) is 2.90. The average molecular weight is 329 g/mol. The van der Waals surface area contributed by atoms with E-state index in [-0.39, 0.29) is 0 Å². The van der Waals surface area contributed by atoms with Crippen molar-refractivity contribution in [1.29, 1.82) is 0 Å². The second-order valence-corrected chi connectivity index (χ2v) is 5.10. The first-order chi connectivity index (χ1) is 10.5. The zero-order valence-electron chi connectivity index (χ0n) is 16.0. The second-order valence-electron chi connectivity index (χ2n) is 4.66. The first kappa shape index (κ1) is 26.1. The van der Waals surface area contributed by atoms with E-state index < -0.39 is 0 Å². The van der Waals surface area contributed by atoms with Gasteiger partial charge in [0.05, 0.1) is 0 Å². The Hall–Kier alpha value is -0.820. The van der Waals surface area contributed by atoms with Crippen molar-refractivity contribution in [2.24, 2.45) is 5.92 Å². The van der Waals surface area contributed by atoms with Gasteiger partial charge in [-0.3, -0.25) is 4.79 Å². The van der Waals surface area contributed by atoms with E-state index in [1.54, 1.807) is 0 Å². The van der Waals surface area contributed by atoms with Crippen molar-refractivity contribution in [3.63, 3.8) is 0 Å². The summed E-state index contributed by atoms with van der Waals surface area (Å²) in [6.45, 7) is 16.2. The van der Waals surface area contributed by atoms with Gasteiger partial charge < -0.3 is 0 Å². The normalized spacial score (nSPS) is 9.86. The van der Waals surface area contributed by atoms with Gasteiger partial charge in [0, 0.05) is 17.4 Å². The molecule has 1 rings (SSSR count). The highest BCUT2D eigenvalue weighted by Gasteiger charge is 2.08. The molecule has 0 heterocycles. The van der Waals surface area contributed by atoms with Crippen molar-refractivity contribution >= 4 is 17.4 Å². The van der Waals surface area contributed by atoms with Gasteiger partial charge in [0.1, 0.15) is 5.78 Å². The largest absolute Gasteiger partial charge is 0.299 e. The molecular weight excluding hydrogens is 292 g/mol. The standard InChI is InChI=1S/C9H18O.C7H7Cl.2C2H6/c1-4-6-7-8(3)9(10)5-2;1-6-2-4-7(8)5-3-6;2*1-2/h8H,4-7H2,1-3H3;2-5H,1H3;2*1-2H3. The van der Waals surface area contributed by atoms with Gasteiger partial charge in [0.15, 0.2) is 0 Å². The molecule has 0 aliphatic rings. The maximum absolute atomic E-state index is 11.0. The Bertz CT molecular complexity index is 309. The molecule has 130 valence electrons. The van der Waals surface area contributed by atoms with E-state index in [1.165, 1.54) is 18.4 Å². The van der Waals surface area contributed by atoms with Crippen LogP contribution in [-0.4, -0.2) is 5.78 Å².